The van der Waals surface area contributed by atoms with Crippen molar-refractivity contribution in [2.45, 2.75) is 13.0 Å². The van der Waals surface area contributed by atoms with Crippen LogP contribution in [0.4, 0.5) is 0 Å². The van der Waals surface area contributed by atoms with E-state index in [4.69, 9.17) is 10.5 Å². The molecule has 0 aliphatic carbocycles. The van der Waals surface area contributed by atoms with Gasteiger partial charge in [-0.2, -0.15) is 0 Å². The number of hydrogen-bond acceptors (Lipinski definition) is 3. The first-order chi connectivity index (χ1) is 8.69. The monoisotopic (exact) mass is 309 g/mol. The van der Waals surface area contributed by atoms with Gasteiger partial charge in [0, 0.05) is 24.1 Å². The Balaban J connectivity index is 1.99. The lowest BCUT2D eigenvalue weighted by Gasteiger charge is -2.05. The van der Waals surface area contributed by atoms with Crippen molar-refractivity contribution in [1.82, 2.24) is 9.55 Å². The van der Waals surface area contributed by atoms with Crippen LogP contribution >= 0.6 is 15.9 Å². The molecule has 2 aromatic rings. The Morgan fingerprint density at radius 3 is 2.72 bits per heavy atom. The van der Waals surface area contributed by atoms with Gasteiger partial charge >= 0.3 is 0 Å². The third-order valence-corrected chi connectivity index (χ3v) is 3.13. The lowest BCUT2D eigenvalue weighted by atomic mass is 10.3. The highest BCUT2D eigenvalue weighted by atomic mass is 79.9. The quantitative estimate of drug-likeness (QED) is 0.921. The summed E-state index contributed by atoms with van der Waals surface area (Å²) < 4.78 is 8.70. The fourth-order valence-electron chi connectivity index (χ4n) is 1.65. The van der Waals surface area contributed by atoms with E-state index in [9.17, 15) is 0 Å². The maximum Gasteiger partial charge on any atom is 0.146 e. The number of benzene rings is 1. The molecule has 0 radical (unpaired) electrons. The summed E-state index contributed by atoms with van der Waals surface area (Å²) >= 11 is 3.39. The van der Waals surface area contributed by atoms with Crippen LogP contribution in [-0.4, -0.2) is 16.1 Å². The summed E-state index contributed by atoms with van der Waals surface area (Å²) in [5.74, 6) is 1.74. The van der Waals surface area contributed by atoms with Crippen molar-refractivity contribution in [3.63, 3.8) is 0 Å². The van der Waals surface area contributed by atoms with E-state index in [1.807, 2.05) is 42.1 Å². The van der Waals surface area contributed by atoms with Crippen LogP contribution in [0.1, 0.15) is 11.5 Å². The van der Waals surface area contributed by atoms with Crippen molar-refractivity contribution in [1.29, 1.82) is 0 Å². The van der Waals surface area contributed by atoms with E-state index in [-0.39, 0.29) is 0 Å². The van der Waals surface area contributed by atoms with Crippen LogP contribution in [0.25, 0.3) is 0 Å². The predicted molar refractivity (Wildman–Crippen MR) is 74.4 cm³/mol. The zero-order chi connectivity index (χ0) is 13.0. The Morgan fingerprint density at radius 1 is 1.33 bits per heavy atom. The molecule has 0 bridgehead atoms. The first-order valence-electron chi connectivity index (χ1n) is 5.78. The standard InChI is InChI=1S/C13H16BrN3O/c1-17-8-11(6-7-15)16-13(17)9-18-12-4-2-10(14)3-5-12/h2-5,8H,6-7,9,15H2,1H3. The van der Waals surface area contributed by atoms with Gasteiger partial charge in [-0.1, -0.05) is 15.9 Å². The van der Waals surface area contributed by atoms with Gasteiger partial charge in [-0.25, -0.2) is 4.98 Å². The molecule has 0 amide bonds. The molecular formula is C13H16BrN3O. The second-order valence-electron chi connectivity index (χ2n) is 4.04. The number of imidazole rings is 1. The Morgan fingerprint density at radius 2 is 2.06 bits per heavy atom. The molecule has 0 atom stereocenters. The number of halogens is 1. The van der Waals surface area contributed by atoms with Crippen LogP contribution < -0.4 is 10.5 Å². The van der Waals surface area contributed by atoms with E-state index in [1.54, 1.807) is 0 Å². The Kier molecular flexibility index (Phi) is 4.38. The molecule has 4 nitrogen and oxygen atoms in total. The molecule has 0 aliphatic rings. The van der Waals surface area contributed by atoms with Crippen molar-refractivity contribution in [3.8, 4) is 5.75 Å². The summed E-state index contributed by atoms with van der Waals surface area (Å²) in [7, 11) is 1.97. The highest BCUT2D eigenvalue weighted by Gasteiger charge is 2.05. The van der Waals surface area contributed by atoms with Crippen LogP contribution in [-0.2, 0) is 20.1 Å². The lowest BCUT2D eigenvalue weighted by molar-refractivity contribution is 0.291. The zero-order valence-corrected chi connectivity index (χ0v) is 11.9. The van der Waals surface area contributed by atoms with Crippen LogP contribution in [0, 0.1) is 0 Å². The average molecular weight is 310 g/mol. The van der Waals surface area contributed by atoms with E-state index in [0.717, 1.165) is 28.2 Å². The van der Waals surface area contributed by atoms with Gasteiger partial charge in [0.1, 0.15) is 18.2 Å². The second-order valence-corrected chi connectivity index (χ2v) is 4.96. The summed E-state index contributed by atoms with van der Waals surface area (Å²) in [5, 5.41) is 0. The highest BCUT2D eigenvalue weighted by Crippen LogP contribution is 2.17. The first-order valence-corrected chi connectivity index (χ1v) is 6.58. The smallest absolute Gasteiger partial charge is 0.146 e. The number of rotatable bonds is 5. The molecule has 5 heteroatoms. The van der Waals surface area contributed by atoms with Crippen LogP contribution in [0.15, 0.2) is 34.9 Å². The topological polar surface area (TPSA) is 53.1 Å². The molecule has 1 heterocycles. The molecule has 0 saturated heterocycles. The van der Waals surface area contributed by atoms with Gasteiger partial charge in [-0.15, -0.1) is 0 Å². The summed E-state index contributed by atoms with van der Waals surface area (Å²) in [6.45, 7) is 1.08. The van der Waals surface area contributed by atoms with Crippen LogP contribution in [0.2, 0.25) is 0 Å². The average Bonchev–Trinajstić information content (AvgIpc) is 2.70. The minimum atomic E-state index is 0.461. The maximum atomic E-state index is 5.68. The zero-order valence-electron chi connectivity index (χ0n) is 10.3. The van der Waals surface area contributed by atoms with Crippen molar-refractivity contribution >= 4 is 15.9 Å². The Labute approximate surface area is 115 Å². The number of aryl methyl sites for hydroxylation is 1. The van der Waals surface area contributed by atoms with Crippen molar-refractivity contribution in [3.05, 3.63) is 46.5 Å². The van der Waals surface area contributed by atoms with Gasteiger partial charge < -0.3 is 15.0 Å². The molecule has 0 unspecified atom stereocenters. The third kappa shape index (κ3) is 3.34. The molecular weight excluding hydrogens is 294 g/mol. The van der Waals surface area contributed by atoms with Crippen molar-refractivity contribution in [2.75, 3.05) is 6.54 Å². The molecule has 18 heavy (non-hydrogen) atoms. The number of hydrogen-bond donors (Lipinski definition) is 1. The van der Waals surface area contributed by atoms with E-state index in [0.29, 0.717) is 13.2 Å². The summed E-state index contributed by atoms with van der Waals surface area (Å²) in [6.07, 6.45) is 2.79. The van der Waals surface area contributed by atoms with E-state index in [2.05, 4.69) is 20.9 Å². The maximum absolute atomic E-state index is 5.68. The lowest BCUT2D eigenvalue weighted by Crippen LogP contribution is -2.04. The molecule has 0 spiro atoms. The minimum absolute atomic E-state index is 0.461. The predicted octanol–water partition coefficient (Wildman–Crippen LogP) is 2.26. The highest BCUT2D eigenvalue weighted by molar-refractivity contribution is 9.10. The molecule has 1 aromatic carbocycles. The molecule has 0 aliphatic heterocycles. The van der Waals surface area contributed by atoms with E-state index in [1.165, 1.54) is 0 Å². The molecule has 1 aromatic heterocycles. The van der Waals surface area contributed by atoms with Crippen molar-refractivity contribution < 1.29 is 4.74 Å². The van der Waals surface area contributed by atoms with Gasteiger partial charge in [0.2, 0.25) is 0 Å². The summed E-state index contributed by atoms with van der Waals surface area (Å²) in [5.41, 5.74) is 6.52. The van der Waals surface area contributed by atoms with E-state index < -0.39 is 0 Å². The molecule has 2 rings (SSSR count). The number of nitrogens with two attached hydrogens (primary N) is 1. The fraction of sp³-hybridized carbons (Fsp3) is 0.308. The normalized spacial score (nSPS) is 10.6. The molecule has 0 saturated carbocycles. The Hall–Kier alpha value is -1.33. The first kappa shape index (κ1) is 13.1. The number of nitrogens with zero attached hydrogens (tertiary/aromatic N) is 2. The van der Waals surface area contributed by atoms with Gasteiger partial charge in [0.25, 0.3) is 0 Å². The van der Waals surface area contributed by atoms with Gasteiger partial charge in [-0.05, 0) is 30.8 Å². The summed E-state index contributed by atoms with van der Waals surface area (Å²) in [6, 6.07) is 7.75. The molecule has 0 fully saturated rings. The Bertz CT molecular complexity index is 507. The fourth-order valence-corrected chi connectivity index (χ4v) is 1.92. The van der Waals surface area contributed by atoms with E-state index >= 15 is 0 Å². The number of aromatic nitrogens is 2. The molecule has 2 N–H and O–H groups in total. The minimum Gasteiger partial charge on any atom is -0.486 e. The third-order valence-electron chi connectivity index (χ3n) is 2.60. The molecule has 96 valence electrons. The van der Waals surface area contributed by atoms with Gasteiger partial charge in [0.05, 0.1) is 5.69 Å². The van der Waals surface area contributed by atoms with Crippen molar-refractivity contribution in [2.24, 2.45) is 12.8 Å². The summed E-state index contributed by atoms with van der Waals surface area (Å²) in [4.78, 5) is 4.48. The van der Waals surface area contributed by atoms with Crippen LogP contribution in [0.3, 0.4) is 0 Å². The largest absolute Gasteiger partial charge is 0.486 e. The van der Waals surface area contributed by atoms with Gasteiger partial charge in [-0.3, -0.25) is 0 Å². The van der Waals surface area contributed by atoms with Gasteiger partial charge in [0.15, 0.2) is 0 Å². The SMILES string of the molecule is Cn1cc(CCN)nc1COc1ccc(Br)cc1. The number of ether oxygens (including phenoxy) is 1. The second kappa shape index (κ2) is 6.02. The van der Waals surface area contributed by atoms with Crippen LogP contribution in [0.5, 0.6) is 5.75 Å².